The zero-order chi connectivity index (χ0) is 15.9. The zero-order valence-corrected chi connectivity index (χ0v) is 13.9. The second-order valence-corrected chi connectivity index (χ2v) is 4.90. The number of halogens is 2. The minimum atomic E-state index is 0.493. The molecule has 1 amide bonds. The SMILES string of the molecule is CNC1CNCCOC1.CNC=O.Clc1ccccc1Cl. The summed E-state index contributed by atoms with van der Waals surface area (Å²) in [6, 6.07) is 7.68. The lowest BCUT2D eigenvalue weighted by molar-refractivity contribution is -0.109. The molecule has 1 atom stereocenters. The second-order valence-electron chi connectivity index (χ2n) is 4.09. The summed E-state index contributed by atoms with van der Waals surface area (Å²) in [6.45, 7) is 3.69. The van der Waals surface area contributed by atoms with E-state index in [9.17, 15) is 0 Å². The Morgan fingerprint density at radius 3 is 2.29 bits per heavy atom. The number of carbonyl (C=O) groups is 1. The zero-order valence-electron chi connectivity index (χ0n) is 12.4. The minimum absolute atomic E-state index is 0.493. The van der Waals surface area contributed by atoms with Crippen molar-refractivity contribution >= 4 is 29.6 Å². The Hall–Kier alpha value is -0.850. The van der Waals surface area contributed by atoms with Crippen LogP contribution in [0.2, 0.25) is 10.0 Å². The van der Waals surface area contributed by atoms with Crippen LogP contribution in [0.15, 0.2) is 24.3 Å². The maximum absolute atomic E-state index is 9.06. The summed E-state index contributed by atoms with van der Waals surface area (Å²) in [5.41, 5.74) is 0. The minimum Gasteiger partial charge on any atom is -0.378 e. The van der Waals surface area contributed by atoms with Crippen LogP contribution >= 0.6 is 23.2 Å². The van der Waals surface area contributed by atoms with Crippen LogP contribution in [0.4, 0.5) is 0 Å². The Morgan fingerprint density at radius 1 is 1.29 bits per heavy atom. The van der Waals surface area contributed by atoms with Crippen molar-refractivity contribution in [3.63, 3.8) is 0 Å². The first-order valence-corrected chi connectivity index (χ1v) is 7.38. The predicted molar refractivity (Wildman–Crippen MR) is 88.1 cm³/mol. The first kappa shape index (κ1) is 20.1. The molecule has 0 aliphatic carbocycles. The Kier molecular flexibility index (Phi) is 13.5. The molecule has 1 aliphatic heterocycles. The summed E-state index contributed by atoms with van der Waals surface area (Å²) in [5.74, 6) is 0. The molecular formula is C14H23Cl2N3O2. The van der Waals surface area contributed by atoms with Gasteiger partial charge in [0.15, 0.2) is 0 Å². The molecule has 2 rings (SSSR count). The van der Waals surface area contributed by atoms with E-state index in [1.807, 2.05) is 19.2 Å². The van der Waals surface area contributed by atoms with Crippen molar-refractivity contribution in [2.45, 2.75) is 6.04 Å². The van der Waals surface area contributed by atoms with Gasteiger partial charge in [0.2, 0.25) is 6.41 Å². The fourth-order valence-electron chi connectivity index (χ4n) is 1.33. The van der Waals surface area contributed by atoms with E-state index >= 15 is 0 Å². The largest absolute Gasteiger partial charge is 0.378 e. The highest BCUT2D eigenvalue weighted by Crippen LogP contribution is 2.19. The van der Waals surface area contributed by atoms with Gasteiger partial charge in [-0.05, 0) is 19.2 Å². The molecule has 0 radical (unpaired) electrons. The van der Waals surface area contributed by atoms with E-state index in [-0.39, 0.29) is 0 Å². The average molecular weight is 336 g/mol. The summed E-state index contributed by atoms with van der Waals surface area (Å²) < 4.78 is 5.27. The first-order chi connectivity index (χ1) is 10.2. The summed E-state index contributed by atoms with van der Waals surface area (Å²) in [6.07, 6.45) is 0.625. The van der Waals surface area contributed by atoms with Gasteiger partial charge in [-0.15, -0.1) is 0 Å². The molecular weight excluding hydrogens is 313 g/mol. The maximum Gasteiger partial charge on any atom is 0.206 e. The van der Waals surface area contributed by atoms with Gasteiger partial charge >= 0.3 is 0 Å². The van der Waals surface area contributed by atoms with Crippen LogP contribution in [0.25, 0.3) is 0 Å². The van der Waals surface area contributed by atoms with Crippen LogP contribution in [-0.4, -0.2) is 52.9 Å². The molecule has 1 saturated heterocycles. The van der Waals surface area contributed by atoms with Crippen molar-refractivity contribution in [3.05, 3.63) is 34.3 Å². The van der Waals surface area contributed by atoms with E-state index in [1.54, 1.807) is 19.2 Å². The Bertz CT molecular complexity index is 352. The van der Waals surface area contributed by atoms with Crippen molar-refractivity contribution < 1.29 is 9.53 Å². The average Bonchev–Trinajstić information content (AvgIpc) is 2.80. The molecule has 5 nitrogen and oxygen atoms in total. The standard InChI is InChI=1S/C6H4Cl2.C6H14N2O.C2H5NO/c7-5-3-1-2-4-6(5)8;1-7-6-4-8-2-3-9-5-6;1-3-2-4/h1-4H;6-8H,2-5H2,1H3;2H,1H3,(H,3,4). The van der Waals surface area contributed by atoms with Crippen LogP contribution < -0.4 is 16.0 Å². The molecule has 3 N–H and O–H groups in total. The number of ether oxygens (including phenoxy) is 1. The smallest absolute Gasteiger partial charge is 0.206 e. The fraction of sp³-hybridized carbons (Fsp3) is 0.500. The third kappa shape index (κ3) is 11.5. The van der Waals surface area contributed by atoms with E-state index in [4.69, 9.17) is 32.7 Å². The van der Waals surface area contributed by atoms with Crippen LogP contribution in [-0.2, 0) is 9.53 Å². The molecule has 1 unspecified atom stereocenters. The molecule has 120 valence electrons. The first-order valence-electron chi connectivity index (χ1n) is 6.62. The molecule has 1 aromatic rings. The van der Waals surface area contributed by atoms with Crippen LogP contribution in [0.5, 0.6) is 0 Å². The van der Waals surface area contributed by atoms with Gasteiger partial charge in [0.25, 0.3) is 0 Å². The van der Waals surface area contributed by atoms with Crippen molar-refractivity contribution in [1.82, 2.24) is 16.0 Å². The molecule has 21 heavy (non-hydrogen) atoms. The molecule has 1 aromatic carbocycles. The lowest BCUT2D eigenvalue weighted by atomic mass is 10.3. The normalized spacial score (nSPS) is 17.2. The molecule has 0 bridgehead atoms. The van der Waals surface area contributed by atoms with Gasteiger partial charge in [-0.3, -0.25) is 4.79 Å². The van der Waals surface area contributed by atoms with E-state index in [1.165, 1.54) is 0 Å². The number of likely N-dealkylation sites (N-methyl/N-ethyl adjacent to an activating group) is 1. The number of amides is 1. The van der Waals surface area contributed by atoms with E-state index in [0.29, 0.717) is 22.5 Å². The van der Waals surface area contributed by atoms with Gasteiger partial charge in [-0.2, -0.15) is 0 Å². The number of carbonyl (C=O) groups excluding carboxylic acids is 1. The van der Waals surface area contributed by atoms with Gasteiger partial charge in [0.1, 0.15) is 0 Å². The monoisotopic (exact) mass is 335 g/mol. The highest BCUT2D eigenvalue weighted by molar-refractivity contribution is 6.41. The number of hydrogen-bond acceptors (Lipinski definition) is 4. The summed E-state index contributed by atoms with van der Waals surface area (Å²) in [5, 5.41) is 9.88. The molecule has 7 heteroatoms. The topological polar surface area (TPSA) is 62.4 Å². The fourth-order valence-corrected chi connectivity index (χ4v) is 1.60. The maximum atomic E-state index is 9.06. The van der Waals surface area contributed by atoms with Crippen molar-refractivity contribution in [2.75, 3.05) is 40.4 Å². The third-order valence-corrected chi connectivity index (χ3v) is 3.24. The Balaban J connectivity index is 0.000000308. The van der Waals surface area contributed by atoms with Crippen molar-refractivity contribution in [1.29, 1.82) is 0 Å². The van der Waals surface area contributed by atoms with Crippen LogP contribution in [0, 0.1) is 0 Å². The van der Waals surface area contributed by atoms with E-state index in [0.717, 1.165) is 26.3 Å². The van der Waals surface area contributed by atoms with Crippen LogP contribution in [0.3, 0.4) is 0 Å². The van der Waals surface area contributed by atoms with E-state index in [2.05, 4.69) is 16.0 Å². The molecule has 0 aromatic heterocycles. The summed E-state index contributed by atoms with van der Waals surface area (Å²) in [7, 11) is 3.52. The molecule has 0 saturated carbocycles. The van der Waals surface area contributed by atoms with Crippen molar-refractivity contribution in [3.8, 4) is 0 Å². The molecule has 1 aliphatic rings. The lowest BCUT2D eigenvalue weighted by Crippen LogP contribution is -2.37. The highest BCUT2D eigenvalue weighted by Gasteiger charge is 2.07. The predicted octanol–water partition coefficient (Wildman–Crippen LogP) is 1.55. The van der Waals surface area contributed by atoms with Gasteiger partial charge < -0.3 is 20.7 Å². The molecule has 1 fully saturated rings. The number of rotatable bonds is 2. The summed E-state index contributed by atoms with van der Waals surface area (Å²) >= 11 is 11.2. The van der Waals surface area contributed by atoms with Gasteiger partial charge in [-0.1, -0.05) is 35.3 Å². The van der Waals surface area contributed by atoms with E-state index < -0.39 is 0 Å². The third-order valence-electron chi connectivity index (χ3n) is 2.48. The molecule has 0 spiro atoms. The quantitative estimate of drug-likeness (QED) is 0.717. The Morgan fingerprint density at radius 2 is 1.86 bits per heavy atom. The highest BCUT2D eigenvalue weighted by atomic mass is 35.5. The van der Waals surface area contributed by atoms with Gasteiger partial charge in [0.05, 0.1) is 23.3 Å². The Labute approximate surface area is 136 Å². The number of benzene rings is 1. The number of nitrogens with one attached hydrogen (secondary N) is 3. The van der Waals surface area contributed by atoms with Gasteiger partial charge in [-0.25, -0.2) is 0 Å². The summed E-state index contributed by atoms with van der Waals surface area (Å²) in [4.78, 5) is 9.06. The van der Waals surface area contributed by atoms with Gasteiger partial charge in [0, 0.05) is 26.2 Å². The lowest BCUT2D eigenvalue weighted by Gasteiger charge is -2.10. The second kappa shape index (κ2) is 14.1. The molecule has 1 heterocycles. The number of hydrogen-bond donors (Lipinski definition) is 3. The van der Waals surface area contributed by atoms with Crippen LogP contribution in [0.1, 0.15) is 0 Å². The van der Waals surface area contributed by atoms with Crippen molar-refractivity contribution in [2.24, 2.45) is 0 Å².